The fourth-order valence-corrected chi connectivity index (χ4v) is 4.59. The van der Waals surface area contributed by atoms with E-state index in [0.717, 1.165) is 24.0 Å². The summed E-state index contributed by atoms with van der Waals surface area (Å²) in [6, 6.07) is 19.6. The Morgan fingerprint density at radius 3 is 2.16 bits per heavy atom. The number of halogens is 3. The van der Waals surface area contributed by atoms with Crippen LogP contribution in [-0.4, -0.2) is 25.2 Å². The minimum absolute atomic E-state index is 0.0983. The zero-order chi connectivity index (χ0) is 27.0. The quantitative estimate of drug-likeness (QED) is 0.267. The molecule has 9 heteroatoms. The van der Waals surface area contributed by atoms with Crippen LogP contribution in [0.4, 0.5) is 13.2 Å². The number of hydrogen-bond donors (Lipinski definition) is 0. The Bertz CT molecular complexity index is 1550. The Balaban J connectivity index is 1.77. The molecule has 0 unspecified atom stereocenters. The molecule has 0 aliphatic carbocycles. The maximum atomic E-state index is 13.4. The molecule has 0 spiro atoms. The van der Waals surface area contributed by atoms with Crippen molar-refractivity contribution >= 4 is 15.8 Å². The van der Waals surface area contributed by atoms with E-state index >= 15 is 0 Å². The number of ether oxygens (including phenoxy) is 1. The largest absolute Gasteiger partial charge is 0.457 e. The normalized spacial score (nSPS) is 11.9. The van der Waals surface area contributed by atoms with Crippen molar-refractivity contribution in [3.63, 3.8) is 0 Å². The number of nitrogens with zero attached hydrogens (tertiary/aromatic N) is 1. The lowest BCUT2D eigenvalue weighted by atomic mass is 10.1. The van der Waals surface area contributed by atoms with Crippen LogP contribution in [0.1, 0.15) is 32.7 Å². The molecule has 5 nitrogen and oxygen atoms in total. The number of carbonyl (C=O) groups is 1. The summed E-state index contributed by atoms with van der Waals surface area (Å²) in [5, 5.41) is 0. The molecule has 0 saturated heterocycles. The van der Waals surface area contributed by atoms with Gasteiger partial charge in [0.05, 0.1) is 21.7 Å². The monoisotopic (exact) mass is 527 g/mol. The van der Waals surface area contributed by atoms with Crippen LogP contribution < -0.4 is 0 Å². The highest BCUT2D eigenvalue weighted by molar-refractivity contribution is 7.90. The van der Waals surface area contributed by atoms with Crippen LogP contribution in [0.5, 0.6) is 0 Å². The third-order valence-corrected chi connectivity index (χ3v) is 7.14. The van der Waals surface area contributed by atoms with Gasteiger partial charge in [-0.15, -0.1) is 0 Å². The Morgan fingerprint density at radius 2 is 1.57 bits per heavy atom. The number of rotatable bonds is 6. The lowest BCUT2D eigenvalue weighted by molar-refractivity contribution is -0.137. The van der Waals surface area contributed by atoms with Crippen molar-refractivity contribution in [2.75, 3.05) is 6.26 Å². The topological polar surface area (TPSA) is 65.4 Å². The van der Waals surface area contributed by atoms with Gasteiger partial charge in [0.25, 0.3) is 0 Å². The minimum atomic E-state index is -4.53. The summed E-state index contributed by atoms with van der Waals surface area (Å²) in [7, 11) is -3.43. The molecule has 1 aromatic heterocycles. The van der Waals surface area contributed by atoms with E-state index in [-0.39, 0.29) is 17.2 Å². The molecule has 0 amide bonds. The number of alkyl halides is 3. The van der Waals surface area contributed by atoms with Crippen molar-refractivity contribution in [3.05, 3.63) is 107 Å². The maximum Gasteiger partial charge on any atom is 0.416 e. The molecule has 192 valence electrons. The van der Waals surface area contributed by atoms with Crippen molar-refractivity contribution in [2.45, 2.75) is 31.5 Å². The highest BCUT2D eigenvalue weighted by Gasteiger charge is 2.31. The molecule has 0 N–H and O–H groups in total. The lowest BCUT2D eigenvalue weighted by Crippen LogP contribution is -2.08. The lowest BCUT2D eigenvalue weighted by Gasteiger charge is -2.15. The predicted octanol–water partition coefficient (Wildman–Crippen LogP) is 6.54. The van der Waals surface area contributed by atoms with Crippen molar-refractivity contribution < 1.29 is 31.1 Å². The van der Waals surface area contributed by atoms with Crippen LogP contribution >= 0.6 is 0 Å². The highest BCUT2D eigenvalue weighted by Crippen LogP contribution is 2.34. The van der Waals surface area contributed by atoms with Crippen molar-refractivity contribution in [1.29, 1.82) is 0 Å². The van der Waals surface area contributed by atoms with E-state index in [9.17, 15) is 26.4 Å². The van der Waals surface area contributed by atoms with Crippen LogP contribution in [0.25, 0.3) is 16.9 Å². The first-order chi connectivity index (χ1) is 17.3. The molecule has 3 aromatic carbocycles. The third kappa shape index (κ3) is 5.77. The molecule has 4 rings (SSSR count). The SMILES string of the molecule is Cc1ccc(C(=O)OCc2cc(-c3ccc(S(C)(=O)=O)cc3)n(-c3cccc(C(F)(F)F)c3)c2C)cc1. The molecule has 0 aliphatic rings. The molecular formula is C28H24F3NO4S. The highest BCUT2D eigenvalue weighted by atomic mass is 32.2. The minimum Gasteiger partial charge on any atom is -0.457 e. The summed E-state index contributed by atoms with van der Waals surface area (Å²) in [6.45, 7) is 3.53. The predicted molar refractivity (Wildman–Crippen MR) is 134 cm³/mol. The number of hydrogen-bond acceptors (Lipinski definition) is 4. The summed E-state index contributed by atoms with van der Waals surface area (Å²) >= 11 is 0. The average Bonchev–Trinajstić information content (AvgIpc) is 3.18. The van der Waals surface area contributed by atoms with Gasteiger partial charge in [-0.2, -0.15) is 13.2 Å². The average molecular weight is 528 g/mol. The van der Waals surface area contributed by atoms with E-state index in [1.807, 2.05) is 6.92 Å². The summed E-state index contributed by atoms with van der Waals surface area (Å²) in [5.74, 6) is -0.523. The Morgan fingerprint density at radius 1 is 0.919 bits per heavy atom. The van der Waals surface area contributed by atoms with Gasteiger partial charge in [0, 0.05) is 23.2 Å². The van der Waals surface area contributed by atoms with Crippen molar-refractivity contribution in [2.24, 2.45) is 0 Å². The van der Waals surface area contributed by atoms with Crippen LogP contribution in [0.15, 0.2) is 83.8 Å². The number of esters is 1. The second kappa shape index (κ2) is 9.89. The Labute approximate surface area is 213 Å². The van der Waals surface area contributed by atoms with Gasteiger partial charge >= 0.3 is 12.1 Å². The smallest absolute Gasteiger partial charge is 0.416 e. The van der Waals surface area contributed by atoms with E-state index in [1.165, 1.54) is 18.2 Å². The van der Waals surface area contributed by atoms with Gasteiger partial charge in [-0.25, -0.2) is 13.2 Å². The maximum absolute atomic E-state index is 13.4. The van der Waals surface area contributed by atoms with Gasteiger partial charge in [0.2, 0.25) is 0 Å². The van der Waals surface area contributed by atoms with Crippen molar-refractivity contribution in [1.82, 2.24) is 4.57 Å². The first kappa shape index (κ1) is 26.2. The van der Waals surface area contributed by atoms with E-state index in [4.69, 9.17) is 4.74 Å². The molecule has 1 heterocycles. The molecule has 0 aliphatic heterocycles. The van der Waals surface area contributed by atoms with Crippen LogP contribution in [0.3, 0.4) is 0 Å². The second-order valence-electron chi connectivity index (χ2n) is 8.76. The van der Waals surface area contributed by atoms with Crippen LogP contribution in [0, 0.1) is 13.8 Å². The van der Waals surface area contributed by atoms with E-state index < -0.39 is 27.5 Å². The third-order valence-electron chi connectivity index (χ3n) is 6.01. The zero-order valence-corrected chi connectivity index (χ0v) is 21.2. The first-order valence-corrected chi connectivity index (χ1v) is 13.2. The number of carbonyl (C=O) groups excluding carboxylic acids is 1. The zero-order valence-electron chi connectivity index (χ0n) is 20.3. The molecule has 0 atom stereocenters. The molecule has 0 saturated carbocycles. The van der Waals surface area contributed by atoms with Crippen LogP contribution in [0.2, 0.25) is 0 Å². The summed E-state index contributed by atoms with van der Waals surface area (Å²) < 4.78 is 71.2. The number of aryl methyl sites for hydroxylation is 1. The molecule has 0 radical (unpaired) electrons. The van der Waals surface area contributed by atoms with Gasteiger partial charge < -0.3 is 9.30 Å². The van der Waals surface area contributed by atoms with E-state index in [2.05, 4.69) is 0 Å². The molecule has 0 bridgehead atoms. The fourth-order valence-electron chi connectivity index (χ4n) is 3.96. The van der Waals surface area contributed by atoms with Gasteiger partial charge in [-0.05, 0) is 67.9 Å². The number of sulfone groups is 1. The summed E-state index contributed by atoms with van der Waals surface area (Å²) in [5.41, 5.74) is 3.14. The molecule has 4 aromatic rings. The molecular weight excluding hydrogens is 503 g/mol. The number of benzene rings is 3. The van der Waals surface area contributed by atoms with E-state index in [1.54, 1.807) is 60.0 Å². The summed E-state index contributed by atoms with van der Waals surface area (Å²) in [6.07, 6.45) is -3.43. The van der Waals surface area contributed by atoms with Crippen molar-refractivity contribution in [3.8, 4) is 16.9 Å². The summed E-state index contributed by atoms with van der Waals surface area (Å²) in [4.78, 5) is 12.7. The standard InChI is InChI=1S/C28H24F3NO4S/c1-18-7-9-21(10-8-18)27(33)36-17-22-15-26(20-11-13-25(14-12-20)37(3,34)35)32(19(22)2)24-6-4-5-23(16-24)28(29,30)31/h4-16H,17H2,1-3H3. The molecule has 0 fully saturated rings. The van der Waals surface area contributed by atoms with E-state index in [0.29, 0.717) is 28.1 Å². The molecule has 37 heavy (non-hydrogen) atoms. The van der Waals surface area contributed by atoms with Gasteiger partial charge in [-0.1, -0.05) is 35.9 Å². The Kier molecular flexibility index (Phi) is 7.01. The first-order valence-electron chi connectivity index (χ1n) is 11.3. The second-order valence-corrected chi connectivity index (χ2v) is 10.8. The fraction of sp³-hybridized carbons (Fsp3) is 0.179. The van der Waals surface area contributed by atoms with Gasteiger partial charge in [0.15, 0.2) is 9.84 Å². The van der Waals surface area contributed by atoms with Crippen LogP contribution in [-0.2, 0) is 27.4 Å². The Hall–Kier alpha value is -3.85. The number of aromatic nitrogens is 1. The van der Waals surface area contributed by atoms with Gasteiger partial charge in [-0.3, -0.25) is 0 Å². The van der Waals surface area contributed by atoms with Gasteiger partial charge in [0.1, 0.15) is 6.61 Å².